The van der Waals surface area contributed by atoms with Crippen molar-refractivity contribution in [2.45, 2.75) is 38.0 Å². The quantitative estimate of drug-likeness (QED) is 0.824. The highest BCUT2D eigenvalue weighted by Gasteiger charge is 2.53. The second-order valence-electron chi connectivity index (χ2n) is 5.98. The van der Waals surface area contributed by atoms with Crippen LogP contribution in [0.5, 0.6) is 0 Å². The molecule has 0 bridgehead atoms. The lowest BCUT2D eigenvalue weighted by molar-refractivity contribution is 0.594. The number of anilines is 1. The van der Waals surface area contributed by atoms with Gasteiger partial charge in [-0.25, -0.2) is 8.42 Å². The van der Waals surface area contributed by atoms with Crippen molar-refractivity contribution in [2.75, 3.05) is 17.1 Å². The molecule has 0 radical (unpaired) electrons. The number of hydrogen-bond acceptors (Lipinski definition) is 2. The van der Waals surface area contributed by atoms with Gasteiger partial charge in [-0.2, -0.15) is 0 Å². The van der Waals surface area contributed by atoms with Crippen LogP contribution in [-0.2, 0) is 15.4 Å². The molecule has 18 heavy (non-hydrogen) atoms. The number of rotatable bonds is 2. The molecule has 98 valence electrons. The topological polar surface area (TPSA) is 37.4 Å². The molecule has 0 N–H and O–H groups in total. The molecule has 0 atom stereocenters. The van der Waals surface area contributed by atoms with Gasteiger partial charge in [0.05, 0.1) is 11.9 Å². The SMILES string of the molecule is CC(C)c1ccc2c(c1)N(S(C)(=O)=O)CC21CC1. The van der Waals surface area contributed by atoms with Gasteiger partial charge in [-0.05, 0) is 36.0 Å². The minimum atomic E-state index is -3.16. The monoisotopic (exact) mass is 265 g/mol. The summed E-state index contributed by atoms with van der Waals surface area (Å²) in [5, 5.41) is 0. The molecule has 1 saturated carbocycles. The number of benzene rings is 1. The molecule has 0 amide bonds. The summed E-state index contributed by atoms with van der Waals surface area (Å²) in [7, 11) is -3.16. The molecule has 0 aromatic heterocycles. The van der Waals surface area contributed by atoms with E-state index in [9.17, 15) is 8.42 Å². The number of hydrogen-bond donors (Lipinski definition) is 0. The van der Waals surface area contributed by atoms with Crippen LogP contribution < -0.4 is 4.31 Å². The van der Waals surface area contributed by atoms with Gasteiger partial charge in [0.15, 0.2) is 0 Å². The summed E-state index contributed by atoms with van der Waals surface area (Å²) in [5.41, 5.74) is 3.49. The maximum Gasteiger partial charge on any atom is 0.232 e. The normalized spacial score (nSPS) is 20.6. The Morgan fingerprint density at radius 3 is 2.44 bits per heavy atom. The average Bonchev–Trinajstić information content (AvgIpc) is 2.95. The molecule has 1 aliphatic carbocycles. The molecule has 1 spiro atoms. The average molecular weight is 265 g/mol. The summed E-state index contributed by atoms with van der Waals surface area (Å²) in [6.45, 7) is 4.91. The zero-order valence-corrected chi connectivity index (χ0v) is 11.9. The maximum absolute atomic E-state index is 11.9. The molecular weight excluding hydrogens is 246 g/mol. The lowest BCUT2D eigenvalue weighted by Crippen LogP contribution is -2.30. The lowest BCUT2D eigenvalue weighted by Gasteiger charge is -2.18. The van der Waals surface area contributed by atoms with E-state index in [1.807, 2.05) is 0 Å². The van der Waals surface area contributed by atoms with Gasteiger partial charge >= 0.3 is 0 Å². The van der Waals surface area contributed by atoms with Gasteiger partial charge in [-0.1, -0.05) is 26.0 Å². The largest absolute Gasteiger partial charge is 0.269 e. The van der Waals surface area contributed by atoms with Crippen LogP contribution in [0.4, 0.5) is 5.69 Å². The molecule has 2 aliphatic rings. The summed E-state index contributed by atoms with van der Waals surface area (Å²) in [4.78, 5) is 0. The predicted octanol–water partition coefficient (Wildman–Crippen LogP) is 2.62. The van der Waals surface area contributed by atoms with Crippen molar-refractivity contribution < 1.29 is 8.42 Å². The van der Waals surface area contributed by atoms with Gasteiger partial charge in [-0.15, -0.1) is 0 Å². The highest BCUT2D eigenvalue weighted by molar-refractivity contribution is 7.92. The van der Waals surface area contributed by atoms with E-state index in [4.69, 9.17) is 0 Å². The predicted molar refractivity (Wildman–Crippen MR) is 73.6 cm³/mol. The van der Waals surface area contributed by atoms with Crippen LogP contribution in [0.2, 0.25) is 0 Å². The Balaban J connectivity index is 2.16. The number of sulfonamides is 1. The van der Waals surface area contributed by atoms with E-state index in [1.165, 1.54) is 17.4 Å². The fourth-order valence-electron chi connectivity index (χ4n) is 2.88. The first-order valence-corrected chi connectivity index (χ1v) is 8.30. The third-order valence-corrected chi connectivity index (χ3v) is 5.36. The van der Waals surface area contributed by atoms with E-state index in [0.29, 0.717) is 12.5 Å². The van der Waals surface area contributed by atoms with Crippen LogP contribution in [0.25, 0.3) is 0 Å². The second-order valence-corrected chi connectivity index (χ2v) is 7.89. The first-order chi connectivity index (χ1) is 8.33. The first kappa shape index (κ1) is 12.0. The van der Waals surface area contributed by atoms with Crippen molar-refractivity contribution >= 4 is 15.7 Å². The fraction of sp³-hybridized carbons (Fsp3) is 0.571. The Bertz CT molecular complexity index is 600. The van der Waals surface area contributed by atoms with Gasteiger partial charge in [0.1, 0.15) is 0 Å². The molecule has 1 heterocycles. The Morgan fingerprint density at radius 2 is 1.94 bits per heavy atom. The van der Waals surface area contributed by atoms with E-state index in [1.54, 1.807) is 4.31 Å². The Labute approximate surface area is 109 Å². The molecule has 0 unspecified atom stereocenters. The van der Waals surface area contributed by atoms with Crippen molar-refractivity contribution in [1.82, 2.24) is 0 Å². The van der Waals surface area contributed by atoms with Crippen LogP contribution >= 0.6 is 0 Å². The standard InChI is InChI=1S/C14H19NO2S/c1-10(2)11-4-5-12-13(8-11)15(18(3,16)17)9-14(12)6-7-14/h4-5,8,10H,6-7,9H2,1-3H3. The number of nitrogens with zero attached hydrogens (tertiary/aromatic N) is 1. The van der Waals surface area contributed by atoms with Crippen molar-refractivity contribution in [3.05, 3.63) is 29.3 Å². The van der Waals surface area contributed by atoms with Crippen molar-refractivity contribution in [1.29, 1.82) is 0 Å². The third kappa shape index (κ3) is 1.66. The summed E-state index contributed by atoms with van der Waals surface area (Å²) < 4.78 is 25.4. The van der Waals surface area contributed by atoms with E-state index in [-0.39, 0.29) is 5.41 Å². The Kier molecular flexibility index (Phi) is 2.34. The van der Waals surface area contributed by atoms with Gasteiger partial charge in [-0.3, -0.25) is 4.31 Å². The Hall–Kier alpha value is -1.03. The molecule has 4 heteroatoms. The summed E-state index contributed by atoms with van der Waals surface area (Å²) in [5.74, 6) is 0.424. The van der Waals surface area contributed by atoms with Crippen LogP contribution in [0.3, 0.4) is 0 Å². The molecule has 3 rings (SSSR count). The Morgan fingerprint density at radius 1 is 1.28 bits per heavy atom. The highest BCUT2D eigenvalue weighted by atomic mass is 32.2. The first-order valence-electron chi connectivity index (χ1n) is 6.46. The molecule has 3 nitrogen and oxygen atoms in total. The van der Waals surface area contributed by atoms with Gasteiger partial charge < -0.3 is 0 Å². The van der Waals surface area contributed by atoms with Gasteiger partial charge in [0.2, 0.25) is 10.0 Å². The van der Waals surface area contributed by atoms with Crippen molar-refractivity contribution in [2.24, 2.45) is 0 Å². The molecule has 0 saturated heterocycles. The molecule has 1 aliphatic heterocycles. The summed E-state index contributed by atoms with van der Waals surface area (Å²) >= 11 is 0. The van der Waals surface area contributed by atoms with Crippen LogP contribution in [0.15, 0.2) is 18.2 Å². The summed E-state index contributed by atoms with van der Waals surface area (Å²) in [6.07, 6.45) is 3.54. The minimum absolute atomic E-state index is 0.133. The van der Waals surface area contributed by atoms with Crippen LogP contribution in [0.1, 0.15) is 43.7 Å². The molecular formula is C14H19NO2S. The minimum Gasteiger partial charge on any atom is -0.269 e. The maximum atomic E-state index is 11.9. The van der Waals surface area contributed by atoms with Gasteiger partial charge in [0, 0.05) is 12.0 Å². The van der Waals surface area contributed by atoms with E-state index in [2.05, 4.69) is 32.0 Å². The van der Waals surface area contributed by atoms with Crippen LogP contribution in [-0.4, -0.2) is 21.2 Å². The van der Waals surface area contributed by atoms with E-state index in [0.717, 1.165) is 18.5 Å². The smallest absolute Gasteiger partial charge is 0.232 e. The molecule has 1 aromatic rings. The number of fused-ring (bicyclic) bond motifs is 2. The highest BCUT2D eigenvalue weighted by Crippen LogP contribution is 2.57. The molecule has 1 aromatic carbocycles. The molecule has 1 fully saturated rings. The van der Waals surface area contributed by atoms with Gasteiger partial charge in [0.25, 0.3) is 0 Å². The van der Waals surface area contributed by atoms with Crippen molar-refractivity contribution in [3.63, 3.8) is 0 Å². The second kappa shape index (κ2) is 3.50. The zero-order valence-electron chi connectivity index (χ0n) is 11.1. The fourth-order valence-corrected chi connectivity index (χ4v) is 3.87. The third-order valence-electron chi connectivity index (χ3n) is 4.23. The van der Waals surface area contributed by atoms with Crippen molar-refractivity contribution in [3.8, 4) is 0 Å². The van der Waals surface area contributed by atoms with Crippen LogP contribution in [0, 0.1) is 0 Å². The summed E-state index contributed by atoms with van der Waals surface area (Å²) in [6, 6.07) is 6.35. The van der Waals surface area contributed by atoms with E-state index < -0.39 is 10.0 Å². The lowest BCUT2D eigenvalue weighted by atomic mass is 9.94. The van der Waals surface area contributed by atoms with E-state index >= 15 is 0 Å². The zero-order chi connectivity index (χ0) is 13.1.